The van der Waals surface area contributed by atoms with E-state index in [1.165, 1.54) is 6.07 Å². The SMILES string of the molecule is CCOC1(C(=O)c2ccc(Br)c(Cl)c2F)CCOCC1. The van der Waals surface area contributed by atoms with E-state index in [9.17, 15) is 9.18 Å². The first-order chi connectivity index (χ1) is 9.52. The number of carbonyl (C=O) groups excluding carboxylic acids is 1. The average Bonchev–Trinajstić information content (AvgIpc) is 2.46. The molecule has 0 radical (unpaired) electrons. The first-order valence-electron chi connectivity index (χ1n) is 6.42. The number of ether oxygens (including phenoxy) is 2. The maximum absolute atomic E-state index is 14.2. The van der Waals surface area contributed by atoms with Crippen LogP contribution in [0.25, 0.3) is 0 Å². The molecular formula is C14H15BrClFO3. The molecule has 6 heteroatoms. The van der Waals surface area contributed by atoms with Crippen molar-refractivity contribution in [2.24, 2.45) is 0 Å². The summed E-state index contributed by atoms with van der Waals surface area (Å²) >= 11 is 8.98. The molecule has 1 aromatic carbocycles. The summed E-state index contributed by atoms with van der Waals surface area (Å²) in [7, 11) is 0. The summed E-state index contributed by atoms with van der Waals surface area (Å²) in [6, 6.07) is 3.00. The molecule has 0 spiro atoms. The molecule has 20 heavy (non-hydrogen) atoms. The Morgan fingerprint density at radius 3 is 2.75 bits per heavy atom. The zero-order valence-electron chi connectivity index (χ0n) is 11.0. The molecule has 1 fully saturated rings. The maximum Gasteiger partial charge on any atom is 0.197 e. The molecule has 0 unspecified atom stereocenters. The molecule has 0 atom stereocenters. The maximum atomic E-state index is 14.2. The van der Waals surface area contributed by atoms with Crippen LogP contribution in [0.5, 0.6) is 0 Å². The monoisotopic (exact) mass is 364 g/mol. The largest absolute Gasteiger partial charge is 0.381 e. The molecule has 0 N–H and O–H groups in total. The van der Waals surface area contributed by atoms with Crippen LogP contribution in [0.4, 0.5) is 4.39 Å². The van der Waals surface area contributed by atoms with E-state index >= 15 is 0 Å². The standard InChI is InChI=1S/C14H15BrClFO3/c1-2-20-14(5-7-19-8-6-14)13(18)9-3-4-10(15)11(16)12(9)17/h3-4H,2,5-8H2,1H3. The molecule has 1 aliphatic rings. The van der Waals surface area contributed by atoms with Crippen LogP contribution in [0, 0.1) is 5.82 Å². The second-order valence-corrected chi connectivity index (χ2v) is 5.82. The Hall–Kier alpha value is -0.490. The summed E-state index contributed by atoms with van der Waals surface area (Å²) in [6.45, 7) is 3.06. The fourth-order valence-electron chi connectivity index (χ4n) is 2.36. The van der Waals surface area contributed by atoms with Gasteiger partial charge < -0.3 is 9.47 Å². The van der Waals surface area contributed by atoms with Gasteiger partial charge in [-0.2, -0.15) is 0 Å². The van der Waals surface area contributed by atoms with Crippen LogP contribution in [0.2, 0.25) is 5.02 Å². The van der Waals surface area contributed by atoms with Crippen molar-refractivity contribution >= 4 is 33.3 Å². The van der Waals surface area contributed by atoms with Gasteiger partial charge >= 0.3 is 0 Å². The number of carbonyl (C=O) groups is 1. The van der Waals surface area contributed by atoms with Gasteiger partial charge in [-0.05, 0) is 35.0 Å². The van der Waals surface area contributed by atoms with Gasteiger partial charge in [0, 0.05) is 37.1 Å². The third-order valence-corrected chi connectivity index (χ3v) is 4.67. The Labute approximate surface area is 130 Å². The molecule has 0 amide bonds. The van der Waals surface area contributed by atoms with E-state index in [2.05, 4.69) is 15.9 Å². The number of hydrogen-bond donors (Lipinski definition) is 0. The lowest BCUT2D eigenvalue weighted by molar-refractivity contribution is -0.0823. The van der Waals surface area contributed by atoms with Gasteiger partial charge in [-0.15, -0.1) is 0 Å². The van der Waals surface area contributed by atoms with E-state index in [1.807, 2.05) is 6.92 Å². The van der Waals surface area contributed by atoms with Crippen LogP contribution < -0.4 is 0 Å². The van der Waals surface area contributed by atoms with Crippen LogP contribution in [0.1, 0.15) is 30.1 Å². The molecule has 3 nitrogen and oxygen atoms in total. The zero-order valence-corrected chi connectivity index (χ0v) is 13.4. The highest BCUT2D eigenvalue weighted by molar-refractivity contribution is 9.10. The van der Waals surface area contributed by atoms with Gasteiger partial charge in [0.15, 0.2) is 11.6 Å². The van der Waals surface area contributed by atoms with Crippen molar-refractivity contribution in [1.82, 2.24) is 0 Å². The average molecular weight is 366 g/mol. The zero-order chi connectivity index (χ0) is 14.8. The summed E-state index contributed by atoms with van der Waals surface area (Å²) in [5.41, 5.74) is -1.04. The number of halogens is 3. The van der Waals surface area contributed by atoms with E-state index in [1.54, 1.807) is 6.07 Å². The van der Waals surface area contributed by atoms with Crippen LogP contribution in [0.15, 0.2) is 16.6 Å². The second kappa shape index (κ2) is 6.52. The highest BCUT2D eigenvalue weighted by atomic mass is 79.9. The van der Waals surface area contributed by atoms with Crippen molar-refractivity contribution in [3.05, 3.63) is 33.0 Å². The smallest absolute Gasteiger partial charge is 0.197 e. The molecule has 1 aliphatic heterocycles. The first-order valence-corrected chi connectivity index (χ1v) is 7.59. The Balaban J connectivity index is 2.40. The van der Waals surface area contributed by atoms with Gasteiger partial charge in [-0.3, -0.25) is 4.79 Å². The number of benzene rings is 1. The van der Waals surface area contributed by atoms with E-state index in [-0.39, 0.29) is 16.4 Å². The lowest BCUT2D eigenvalue weighted by atomic mass is 9.85. The Morgan fingerprint density at radius 2 is 2.15 bits per heavy atom. The number of ketones is 1. The van der Waals surface area contributed by atoms with Crippen molar-refractivity contribution in [3.8, 4) is 0 Å². The van der Waals surface area contributed by atoms with E-state index in [4.69, 9.17) is 21.1 Å². The van der Waals surface area contributed by atoms with Crippen molar-refractivity contribution in [2.75, 3.05) is 19.8 Å². The van der Waals surface area contributed by atoms with Crippen molar-refractivity contribution in [2.45, 2.75) is 25.4 Å². The molecule has 110 valence electrons. The van der Waals surface area contributed by atoms with Crippen LogP contribution >= 0.6 is 27.5 Å². The highest BCUT2D eigenvalue weighted by Gasteiger charge is 2.42. The molecular weight excluding hydrogens is 351 g/mol. The second-order valence-electron chi connectivity index (χ2n) is 4.59. The summed E-state index contributed by atoms with van der Waals surface area (Å²) in [5, 5.41) is -0.0884. The van der Waals surface area contributed by atoms with Gasteiger partial charge in [0.1, 0.15) is 5.60 Å². The van der Waals surface area contributed by atoms with Crippen molar-refractivity contribution in [1.29, 1.82) is 0 Å². The molecule has 0 aliphatic carbocycles. The van der Waals surface area contributed by atoms with Crippen LogP contribution in [-0.4, -0.2) is 31.2 Å². The molecule has 2 rings (SSSR count). The summed E-state index contributed by atoms with van der Waals surface area (Å²) in [4.78, 5) is 12.7. The highest BCUT2D eigenvalue weighted by Crippen LogP contribution is 2.34. The van der Waals surface area contributed by atoms with Crippen LogP contribution in [-0.2, 0) is 9.47 Å². The third kappa shape index (κ3) is 2.91. The van der Waals surface area contributed by atoms with Crippen molar-refractivity contribution < 1.29 is 18.7 Å². The molecule has 1 heterocycles. The first kappa shape index (κ1) is 15.9. The fraction of sp³-hybridized carbons (Fsp3) is 0.500. The van der Waals surface area contributed by atoms with Gasteiger partial charge in [0.05, 0.1) is 10.6 Å². The van der Waals surface area contributed by atoms with Gasteiger partial charge in [0.2, 0.25) is 0 Å². The van der Waals surface area contributed by atoms with Gasteiger partial charge in [-0.25, -0.2) is 4.39 Å². The lowest BCUT2D eigenvalue weighted by Gasteiger charge is -2.35. The molecule has 1 saturated heterocycles. The topological polar surface area (TPSA) is 35.5 Å². The quantitative estimate of drug-likeness (QED) is 0.597. The molecule has 0 bridgehead atoms. The van der Waals surface area contributed by atoms with Crippen LogP contribution in [0.3, 0.4) is 0 Å². The molecule has 1 aromatic rings. The number of Topliss-reactive ketones (excluding diaryl/α,β-unsaturated/α-hetero) is 1. The van der Waals surface area contributed by atoms with E-state index in [0.717, 1.165) is 0 Å². The van der Waals surface area contributed by atoms with E-state index < -0.39 is 11.4 Å². The van der Waals surface area contributed by atoms with E-state index in [0.29, 0.717) is 37.1 Å². The summed E-state index contributed by atoms with van der Waals surface area (Å²) in [6.07, 6.45) is 0.847. The lowest BCUT2D eigenvalue weighted by Crippen LogP contribution is -2.46. The molecule has 0 aromatic heterocycles. The fourth-order valence-corrected chi connectivity index (χ4v) is 2.83. The predicted molar refractivity (Wildman–Crippen MR) is 77.9 cm³/mol. The van der Waals surface area contributed by atoms with Crippen molar-refractivity contribution in [3.63, 3.8) is 0 Å². The molecule has 0 saturated carbocycles. The Morgan fingerprint density at radius 1 is 1.50 bits per heavy atom. The number of rotatable bonds is 4. The summed E-state index contributed by atoms with van der Waals surface area (Å²) in [5.74, 6) is -1.08. The van der Waals surface area contributed by atoms with Gasteiger partial charge in [-0.1, -0.05) is 11.6 Å². The summed E-state index contributed by atoms with van der Waals surface area (Å²) < 4.78 is 25.6. The Kier molecular flexibility index (Phi) is 5.18. The predicted octanol–water partition coefficient (Wildman–Crippen LogP) is 4.01. The minimum atomic E-state index is -1.01. The number of hydrogen-bond acceptors (Lipinski definition) is 3. The minimum Gasteiger partial charge on any atom is -0.381 e. The normalized spacial score (nSPS) is 18.0. The van der Waals surface area contributed by atoms with Gasteiger partial charge in [0.25, 0.3) is 0 Å². The Bertz CT molecular complexity index is 510. The minimum absolute atomic E-state index is 0.0337. The third-order valence-electron chi connectivity index (χ3n) is 3.41.